The number of rotatable bonds is 9. The number of nitrogens with two attached hydrogens (primary N) is 1. The minimum absolute atomic E-state index is 0.0320. The Morgan fingerprint density at radius 1 is 1.48 bits per heavy atom. The van der Waals surface area contributed by atoms with E-state index < -0.39 is 10.8 Å². The summed E-state index contributed by atoms with van der Waals surface area (Å²) in [5.41, 5.74) is 6.54. The Kier molecular flexibility index (Phi) is 6.61. The van der Waals surface area contributed by atoms with E-state index in [0.29, 0.717) is 12.2 Å². The van der Waals surface area contributed by atoms with Crippen molar-refractivity contribution in [1.29, 1.82) is 0 Å². The number of amides is 1. The zero-order chi connectivity index (χ0) is 15.8. The van der Waals surface area contributed by atoms with E-state index in [1.807, 2.05) is 11.0 Å². The van der Waals surface area contributed by atoms with Gasteiger partial charge in [0.15, 0.2) is 0 Å². The first kappa shape index (κ1) is 16.9. The molecule has 1 amide bonds. The van der Waals surface area contributed by atoms with E-state index in [1.54, 1.807) is 13.1 Å². The van der Waals surface area contributed by atoms with Gasteiger partial charge in [-0.3, -0.25) is 19.8 Å². The SMILES string of the molecule is CCCCN(CC(N)=O)Cc1ccc(NC)c([N+](=O)[O-])c1. The molecule has 116 valence electrons. The number of carbonyl (C=O) groups is 1. The Bertz CT molecular complexity index is 505. The predicted octanol–water partition coefficient (Wildman–Crippen LogP) is 1.72. The summed E-state index contributed by atoms with van der Waals surface area (Å²) in [5.74, 6) is -0.396. The van der Waals surface area contributed by atoms with Gasteiger partial charge in [0.2, 0.25) is 5.91 Å². The molecule has 0 saturated heterocycles. The van der Waals surface area contributed by atoms with Gasteiger partial charge in [0.05, 0.1) is 11.5 Å². The van der Waals surface area contributed by atoms with Gasteiger partial charge in [0.25, 0.3) is 5.69 Å². The molecule has 0 aromatic heterocycles. The molecule has 0 heterocycles. The highest BCUT2D eigenvalue weighted by Crippen LogP contribution is 2.25. The van der Waals surface area contributed by atoms with Gasteiger partial charge in [-0.05, 0) is 24.6 Å². The molecule has 1 rings (SSSR count). The molecule has 3 N–H and O–H groups in total. The molecule has 0 spiro atoms. The molecule has 0 fully saturated rings. The van der Waals surface area contributed by atoms with Gasteiger partial charge in [0, 0.05) is 19.7 Å². The van der Waals surface area contributed by atoms with E-state index in [0.717, 1.165) is 24.9 Å². The fourth-order valence-corrected chi connectivity index (χ4v) is 2.11. The van der Waals surface area contributed by atoms with Crippen LogP contribution in [-0.2, 0) is 11.3 Å². The van der Waals surface area contributed by atoms with E-state index in [1.165, 1.54) is 6.07 Å². The van der Waals surface area contributed by atoms with Crippen molar-refractivity contribution in [2.24, 2.45) is 5.73 Å². The van der Waals surface area contributed by atoms with Crippen LogP contribution in [0.3, 0.4) is 0 Å². The fourth-order valence-electron chi connectivity index (χ4n) is 2.11. The van der Waals surface area contributed by atoms with Gasteiger partial charge in [-0.1, -0.05) is 19.4 Å². The molecule has 0 aliphatic heterocycles. The van der Waals surface area contributed by atoms with Crippen molar-refractivity contribution in [3.63, 3.8) is 0 Å². The minimum atomic E-state index is -0.417. The van der Waals surface area contributed by atoms with Crippen LogP contribution >= 0.6 is 0 Å². The summed E-state index contributed by atoms with van der Waals surface area (Å²) in [7, 11) is 1.64. The maximum Gasteiger partial charge on any atom is 0.292 e. The third-order valence-electron chi connectivity index (χ3n) is 3.14. The van der Waals surface area contributed by atoms with Crippen molar-refractivity contribution in [2.45, 2.75) is 26.3 Å². The van der Waals surface area contributed by atoms with Crippen molar-refractivity contribution in [1.82, 2.24) is 4.90 Å². The van der Waals surface area contributed by atoms with Gasteiger partial charge in [0.1, 0.15) is 5.69 Å². The first-order valence-corrected chi connectivity index (χ1v) is 6.93. The monoisotopic (exact) mass is 294 g/mol. The molecule has 7 nitrogen and oxygen atoms in total. The molecular weight excluding hydrogens is 272 g/mol. The van der Waals surface area contributed by atoms with Gasteiger partial charge in [-0.25, -0.2) is 0 Å². The molecule has 0 aliphatic carbocycles. The lowest BCUT2D eigenvalue weighted by Gasteiger charge is -2.20. The maximum atomic E-state index is 11.1. The molecule has 1 aromatic rings. The summed E-state index contributed by atoms with van der Waals surface area (Å²) < 4.78 is 0. The number of primary amides is 1. The first-order chi connectivity index (χ1) is 9.97. The molecule has 0 unspecified atom stereocenters. The molecule has 0 aliphatic rings. The lowest BCUT2D eigenvalue weighted by molar-refractivity contribution is -0.384. The number of nitro groups is 1. The van der Waals surface area contributed by atoms with Crippen LogP contribution in [0, 0.1) is 10.1 Å². The van der Waals surface area contributed by atoms with E-state index in [4.69, 9.17) is 5.73 Å². The molecule has 1 aromatic carbocycles. The summed E-state index contributed by atoms with van der Waals surface area (Å²) in [6.07, 6.45) is 1.96. The Hall–Kier alpha value is -2.15. The Labute approximate surface area is 124 Å². The van der Waals surface area contributed by atoms with Gasteiger partial charge >= 0.3 is 0 Å². The number of nitro benzene ring substituents is 1. The van der Waals surface area contributed by atoms with Crippen LogP contribution in [0.2, 0.25) is 0 Å². The van der Waals surface area contributed by atoms with Gasteiger partial charge < -0.3 is 11.1 Å². The number of benzene rings is 1. The number of anilines is 1. The largest absolute Gasteiger partial charge is 0.383 e. The van der Waals surface area contributed by atoms with Crippen molar-refractivity contribution in [3.8, 4) is 0 Å². The van der Waals surface area contributed by atoms with Crippen LogP contribution in [-0.4, -0.2) is 35.9 Å². The Balaban J connectivity index is 2.89. The average Bonchev–Trinajstić information content (AvgIpc) is 2.44. The van der Waals surface area contributed by atoms with Crippen LogP contribution in [0.1, 0.15) is 25.3 Å². The molecule has 7 heteroatoms. The van der Waals surface area contributed by atoms with E-state index >= 15 is 0 Å². The van der Waals surface area contributed by atoms with Crippen LogP contribution < -0.4 is 11.1 Å². The number of unbranched alkanes of at least 4 members (excludes halogenated alkanes) is 1. The van der Waals surface area contributed by atoms with E-state index in [9.17, 15) is 14.9 Å². The highest BCUT2D eigenvalue weighted by molar-refractivity contribution is 5.75. The lowest BCUT2D eigenvalue weighted by atomic mass is 10.1. The topological polar surface area (TPSA) is 102 Å². The molecule has 21 heavy (non-hydrogen) atoms. The number of nitrogens with one attached hydrogen (secondary N) is 1. The van der Waals surface area contributed by atoms with Crippen LogP contribution in [0.5, 0.6) is 0 Å². The minimum Gasteiger partial charge on any atom is -0.383 e. The van der Waals surface area contributed by atoms with E-state index in [-0.39, 0.29) is 12.2 Å². The van der Waals surface area contributed by atoms with Crippen LogP contribution in [0.25, 0.3) is 0 Å². The fraction of sp³-hybridized carbons (Fsp3) is 0.500. The van der Waals surface area contributed by atoms with Crippen LogP contribution in [0.4, 0.5) is 11.4 Å². The number of carbonyl (C=O) groups excluding carboxylic acids is 1. The second-order valence-corrected chi connectivity index (χ2v) is 4.89. The standard InChI is InChI=1S/C14H22N4O3/c1-3-4-7-17(10-14(15)19)9-11-5-6-12(16-2)13(8-11)18(20)21/h5-6,8,16H,3-4,7,9-10H2,1-2H3,(H2,15,19). The Morgan fingerprint density at radius 2 is 2.19 bits per heavy atom. The number of nitrogens with zero attached hydrogens (tertiary/aromatic N) is 2. The lowest BCUT2D eigenvalue weighted by Crippen LogP contribution is -2.34. The maximum absolute atomic E-state index is 11.1. The summed E-state index contributed by atoms with van der Waals surface area (Å²) in [5, 5.41) is 13.8. The molecular formula is C14H22N4O3. The third-order valence-corrected chi connectivity index (χ3v) is 3.14. The van der Waals surface area contributed by atoms with Crippen molar-refractivity contribution in [2.75, 3.05) is 25.5 Å². The molecule has 0 bridgehead atoms. The molecule has 0 radical (unpaired) electrons. The zero-order valence-corrected chi connectivity index (χ0v) is 12.5. The number of hydrogen-bond acceptors (Lipinski definition) is 5. The smallest absolute Gasteiger partial charge is 0.292 e. The third kappa shape index (κ3) is 5.39. The molecule has 0 saturated carbocycles. The van der Waals surface area contributed by atoms with E-state index in [2.05, 4.69) is 12.2 Å². The average molecular weight is 294 g/mol. The second-order valence-electron chi connectivity index (χ2n) is 4.89. The summed E-state index contributed by atoms with van der Waals surface area (Å²) in [6.45, 7) is 3.42. The molecule has 0 atom stereocenters. The highest BCUT2D eigenvalue weighted by Gasteiger charge is 2.15. The van der Waals surface area contributed by atoms with Crippen molar-refractivity contribution >= 4 is 17.3 Å². The predicted molar refractivity (Wildman–Crippen MR) is 82.0 cm³/mol. The highest BCUT2D eigenvalue weighted by atomic mass is 16.6. The number of hydrogen-bond donors (Lipinski definition) is 2. The summed E-state index contributed by atoms with van der Waals surface area (Å²) in [6, 6.07) is 5.03. The van der Waals surface area contributed by atoms with Crippen molar-refractivity contribution in [3.05, 3.63) is 33.9 Å². The van der Waals surface area contributed by atoms with Gasteiger partial charge in [-0.2, -0.15) is 0 Å². The second kappa shape index (κ2) is 8.21. The summed E-state index contributed by atoms with van der Waals surface area (Å²) >= 11 is 0. The quantitative estimate of drug-likeness (QED) is 0.533. The van der Waals surface area contributed by atoms with Gasteiger partial charge in [-0.15, -0.1) is 0 Å². The Morgan fingerprint density at radius 3 is 2.71 bits per heavy atom. The summed E-state index contributed by atoms with van der Waals surface area (Å²) in [4.78, 5) is 23.6. The van der Waals surface area contributed by atoms with Crippen molar-refractivity contribution < 1.29 is 9.72 Å². The first-order valence-electron chi connectivity index (χ1n) is 6.93. The van der Waals surface area contributed by atoms with Crippen LogP contribution in [0.15, 0.2) is 18.2 Å². The zero-order valence-electron chi connectivity index (χ0n) is 12.5. The normalized spacial score (nSPS) is 10.6.